The lowest BCUT2D eigenvalue weighted by Crippen LogP contribution is -2.39. The molecule has 1 atom stereocenters. The van der Waals surface area contributed by atoms with Crippen LogP contribution in [0.15, 0.2) is 12.1 Å². The van der Waals surface area contributed by atoms with E-state index in [4.69, 9.17) is 21.1 Å². The lowest BCUT2D eigenvalue weighted by atomic mass is 9.87. The number of benzene rings is 1. The largest absolute Gasteiger partial charge is 0.486 e. The zero-order valence-electron chi connectivity index (χ0n) is 14.4. The second-order valence-corrected chi connectivity index (χ2v) is 8.72. The first-order valence-electron chi connectivity index (χ1n) is 8.73. The van der Waals surface area contributed by atoms with Gasteiger partial charge in [0, 0.05) is 22.6 Å². The maximum atomic E-state index is 12.3. The molecule has 3 rings (SSSR count). The molecule has 0 aromatic heterocycles. The number of carbonyl (C=O) groups excluding carboxylic acids is 1. The van der Waals surface area contributed by atoms with Crippen LogP contribution in [0.1, 0.15) is 38.2 Å². The van der Waals surface area contributed by atoms with Crippen LogP contribution in [0.2, 0.25) is 5.02 Å². The number of hydrogen-bond acceptors (Lipinski definition) is 4. The molecule has 5 nitrogen and oxygen atoms in total. The molecule has 1 saturated carbocycles. The van der Waals surface area contributed by atoms with E-state index in [1.165, 1.54) is 0 Å². The fourth-order valence-corrected chi connectivity index (χ4v) is 4.61. The van der Waals surface area contributed by atoms with Gasteiger partial charge in [-0.2, -0.15) is 0 Å². The highest BCUT2D eigenvalue weighted by Crippen LogP contribution is 2.38. The molecule has 1 fully saturated rings. The summed E-state index contributed by atoms with van der Waals surface area (Å²) in [5.41, 5.74) is 0.784. The summed E-state index contributed by atoms with van der Waals surface area (Å²) in [6.07, 6.45) is 4.31. The second-order valence-electron chi connectivity index (χ2n) is 6.85. The van der Waals surface area contributed by atoms with Crippen LogP contribution in [0.25, 0.3) is 0 Å². The van der Waals surface area contributed by atoms with Gasteiger partial charge in [0.2, 0.25) is 5.91 Å². The molecule has 0 spiro atoms. The van der Waals surface area contributed by atoms with Crippen LogP contribution in [0.3, 0.4) is 0 Å². The van der Waals surface area contributed by atoms with E-state index >= 15 is 0 Å². The maximum Gasteiger partial charge on any atom is 0.232 e. The number of hydrogen-bond donors (Lipinski definition) is 1. The Hall–Kier alpha value is -1.27. The fourth-order valence-electron chi connectivity index (χ4n) is 3.30. The van der Waals surface area contributed by atoms with Crippen LogP contribution in [0.4, 0.5) is 0 Å². The minimum Gasteiger partial charge on any atom is -0.486 e. The van der Waals surface area contributed by atoms with Gasteiger partial charge in [-0.15, -0.1) is 0 Å². The molecule has 1 aromatic rings. The lowest BCUT2D eigenvalue weighted by Gasteiger charge is -2.26. The van der Waals surface area contributed by atoms with Gasteiger partial charge in [-0.05, 0) is 49.3 Å². The minimum absolute atomic E-state index is 0.0120. The van der Waals surface area contributed by atoms with Gasteiger partial charge in [0.1, 0.15) is 19.0 Å². The molecule has 0 bridgehead atoms. The van der Waals surface area contributed by atoms with Crippen molar-refractivity contribution in [3.8, 4) is 11.5 Å². The molecule has 1 aromatic carbocycles. The molecule has 2 aliphatic rings. The van der Waals surface area contributed by atoms with Crippen molar-refractivity contribution in [2.45, 2.75) is 44.4 Å². The molecule has 25 heavy (non-hydrogen) atoms. The van der Waals surface area contributed by atoms with Crippen molar-refractivity contribution in [3.05, 3.63) is 22.7 Å². The highest BCUT2D eigenvalue weighted by molar-refractivity contribution is 7.84. The maximum absolute atomic E-state index is 12.3. The molecule has 0 saturated heterocycles. The van der Waals surface area contributed by atoms with Gasteiger partial charge in [-0.25, -0.2) is 0 Å². The monoisotopic (exact) mass is 385 g/mol. The number of nitrogens with one attached hydrogen (secondary N) is 1. The highest BCUT2D eigenvalue weighted by Gasteiger charge is 2.21. The molecule has 1 aliphatic carbocycles. The first-order valence-corrected chi connectivity index (χ1v) is 10.6. The second kappa shape index (κ2) is 8.41. The van der Waals surface area contributed by atoms with Crippen LogP contribution in [-0.2, 0) is 21.3 Å². The first-order chi connectivity index (χ1) is 12.0. The third-order valence-electron chi connectivity index (χ3n) is 4.66. The van der Waals surface area contributed by atoms with Crippen molar-refractivity contribution in [2.75, 3.05) is 19.0 Å². The summed E-state index contributed by atoms with van der Waals surface area (Å²) in [4.78, 5) is 12.1. The van der Waals surface area contributed by atoms with Gasteiger partial charge < -0.3 is 14.8 Å². The SMILES string of the molecule is CC1CCC(NC(=O)CS(=O)Cc2cc(Cl)c3c(c2)OCCO3)CC1. The summed E-state index contributed by atoms with van der Waals surface area (Å²) in [6, 6.07) is 3.75. The van der Waals surface area contributed by atoms with E-state index < -0.39 is 10.8 Å². The number of halogens is 1. The topological polar surface area (TPSA) is 64.6 Å². The molecule has 1 N–H and O–H groups in total. The van der Waals surface area contributed by atoms with Crippen molar-refractivity contribution in [1.82, 2.24) is 5.32 Å². The van der Waals surface area contributed by atoms with E-state index in [2.05, 4.69) is 12.2 Å². The first kappa shape index (κ1) is 18.5. The average molecular weight is 386 g/mol. The Labute approximate surface area is 155 Å². The Morgan fingerprint density at radius 2 is 1.96 bits per heavy atom. The van der Waals surface area contributed by atoms with Gasteiger partial charge in [0.05, 0.1) is 5.02 Å². The van der Waals surface area contributed by atoms with Crippen LogP contribution in [-0.4, -0.2) is 35.1 Å². The van der Waals surface area contributed by atoms with E-state index in [1.807, 2.05) is 0 Å². The van der Waals surface area contributed by atoms with E-state index in [-0.39, 0.29) is 23.5 Å². The van der Waals surface area contributed by atoms with Gasteiger partial charge in [-0.1, -0.05) is 18.5 Å². The molecule has 7 heteroatoms. The van der Waals surface area contributed by atoms with Gasteiger partial charge in [0.25, 0.3) is 0 Å². The number of rotatable bonds is 5. The third-order valence-corrected chi connectivity index (χ3v) is 6.18. The normalized spacial score (nSPS) is 23.8. The van der Waals surface area contributed by atoms with E-state index in [1.54, 1.807) is 12.1 Å². The summed E-state index contributed by atoms with van der Waals surface area (Å²) in [7, 11) is -1.29. The highest BCUT2D eigenvalue weighted by atomic mass is 35.5. The van der Waals surface area contributed by atoms with Crippen LogP contribution >= 0.6 is 11.6 Å². The Bertz CT molecular complexity index is 659. The van der Waals surface area contributed by atoms with Crippen molar-refractivity contribution in [2.24, 2.45) is 5.92 Å². The van der Waals surface area contributed by atoms with Gasteiger partial charge >= 0.3 is 0 Å². The number of amides is 1. The average Bonchev–Trinajstić information content (AvgIpc) is 2.57. The molecule has 0 radical (unpaired) electrons. The zero-order valence-corrected chi connectivity index (χ0v) is 16.0. The third kappa shape index (κ3) is 5.11. The quantitative estimate of drug-likeness (QED) is 0.846. The number of ether oxygens (including phenoxy) is 2. The Morgan fingerprint density at radius 3 is 2.72 bits per heavy atom. The smallest absolute Gasteiger partial charge is 0.232 e. The van der Waals surface area contributed by atoms with Crippen molar-refractivity contribution < 1.29 is 18.5 Å². The summed E-state index contributed by atoms with van der Waals surface area (Å²) in [5, 5.41) is 3.46. The predicted molar refractivity (Wildman–Crippen MR) is 98.7 cm³/mol. The lowest BCUT2D eigenvalue weighted by molar-refractivity contribution is -0.119. The van der Waals surface area contributed by atoms with Crippen LogP contribution in [0.5, 0.6) is 11.5 Å². The Kier molecular flexibility index (Phi) is 6.23. The van der Waals surface area contributed by atoms with E-state index in [0.29, 0.717) is 29.7 Å². The molecular weight excluding hydrogens is 362 g/mol. The van der Waals surface area contributed by atoms with Crippen molar-refractivity contribution in [3.63, 3.8) is 0 Å². The standard InChI is InChI=1S/C18H24ClNO4S/c1-12-2-4-14(5-3-12)20-17(21)11-25(22)10-13-8-15(19)18-16(9-13)23-6-7-24-18/h8-9,12,14H,2-7,10-11H2,1H3,(H,20,21). The van der Waals surface area contributed by atoms with Gasteiger partial charge in [-0.3, -0.25) is 9.00 Å². The summed E-state index contributed by atoms with van der Waals surface area (Å²) in [5.74, 6) is 1.99. The molecule has 1 unspecified atom stereocenters. The predicted octanol–water partition coefficient (Wildman–Crippen LogP) is 3.05. The van der Waals surface area contributed by atoms with Crippen molar-refractivity contribution in [1.29, 1.82) is 0 Å². The van der Waals surface area contributed by atoms with Crippen LogP contribution in [0, 0.1) is 5.92 Å². The van der Waals surface area contributed by atoms with Crippen molar-refractivity contribution >= 4 is 28.3 Å². The van der Waals surface area contributed by atoms with Gasteiger partial charge in [0.15, 0.2) is 11.5 Å². The molecular formula is C18H24ClNO4S. The van der Waals surface area contributed by atoms with E-state index in [9.17, 15) is 9.00 Å². The summed E-state index contributed by atoms with van der Waals surface area (Å²) < 4.78 is 23.3. The summed E-state index contributed by atoms with van der Waals surface area (Å²) in [6.45, 7) is 3.18. The Morgan fingerprint density at radius 1 is 1.24 bits per heavy atom. The molecule has 1 aliphatic heterocycles. The zero-order chi connectivity index (χ0) is 17.8. The summed E-state index contributed by atoms with van der Waals surface area (Å²) >= 11 is 6.19. The Balaban J connectivity index is 1.52. The van der Waals surface area contributed by atoms with E-state index in [0.717, 1.165) is 37.2 Å². The molecule has 1 amide bonds. The number of carbonyl (C=O) groups is 1. The molecule has 138 valence electrons. The molecule has 1 heterocycles. The minimum atomic E-state index is -1.29. The fraction of sp³-hybridized carbons (Fsp3) is 0.611. The van der Waals surface area contributed by atoms with Crippen LogP contribution < -0.4 is 14.8 Å². The number of fused-ring (bicyclic) bond motifs is 1.